The van der Waals surface area contributed by atoms with Crippen molar-refractivity contribution in [3.05, 3.63) is 17.7 Å². The quantitative estimate of drug-likeness (QED) is 0.784. The lowest BCUT2D eigenvalue weighted by Gasteiger charge is -2.17. The zero-order chi connectivity index (χ0) is 15.2. The summed E-state index contributed by atoms with van der Waals surface area (Å²) in [6, 6.07) is 4.11. The SMILES string of the molecule is COc1cc(CNCC2CCOC2C)c(SC)cc1OC. The molecule has 4 nitrogen and oxygen atoms in total. The van der Waals surface area contributed by atoms with Crippen LogP contribution in [-0.4, -0.2) is 39.7 Å². The minimum absolute atomic E-state index is 0.364. The van der Waals surface area contributed by atoms with E-state index in [9.17, 15) is 0 Å². The third-order valence-corrected chi connectivity index (χ3v) is 4.86. The molecule has 0 bridgehead atoms. The summed E-state index contributed by atoms with van der Waals surface area (Å²) >= 11 is 1.73. The number of methoxy groups -OCH3 is 2. The number of hydrogen-bond acceptors (Lipinski definition) is 5. The second-order valence-corrected chi connectivity index (χ2v) is 6.12. The van der Waals surface area contributed by atoms with E-state index in [0.717, 1.165) is 37.6 Å². The third-order valence-electron chi connectivity index (χ3n) is 4.04. The van der Waals surface area contributed by atoms with Gasteiger partial charge in [-0.1, -0.05) is 0 Å². The zero-order valence-corrected chi connectivity index (χ0v) is 14.1. The highest BCUT2D eigenvalue weighted by Gasteiger charge is 2.23. The predicted octanol–water partition coefficient (Wildman–Crippen LogP) is 2.94. The summed E-state index contributed by atoms with van der Waals surface area (Å²) < 4.78 is 16.3. The Bertz CT molecular complexity index is 467. The van der Waals surface area contributed by atoms with E-state index >= 15 is 0 Å². The molecule has 118 valence electrons. The van der Waals surface area contributed by atoms with Gasteiger partial charge in [-0.05, 0) is 43.2 Å². The van der Waals surface area contributed by atoms with Gasteiger partial charge in [0.25, 0.3) is 0 Å². The molecule has 1 N–H and O–H groups in total. The van der Waals surface area contributed by atoms with Crippen LogP contribution in [0.5, 0.6) is 11.5 Å². The lowest BCUT2D eigenvalue weighted by Crippen LogP contribution is -2.26. The molecule has 21 heavy (non-hydrogen) atoms. The van der Waals surface area contributed by atoms with Crippen molar-refractivity contribution in [1.82, 2.24) is 5.32 Å². The Morgan fingerprint density at radius 2 is 2.00 bits per heavy atom. The topological polar surface area (TPSA) is 39.7 Å². The molecule has 0 radical (unpaired) electrons. The van der Waals surface area contributed by atoms with Gasteiger partial charge < -0.3 is 19.5 Å². The first-order valence-electron chi connectivity index (χ1n) is 7.30. The smallest absolute Gasteiger partial charge is 0.161 e. The van der Waals surface area contributed by atoms with Gasteiger partial charge in [-0.15, -0.1) is 11.8 Å². The molecule has 1 saturated heterocycles. The van der Waals surface area contributed by atoms with Crippen molar-refractivity contribution in [2.24, 2.45) is 5.92 Å². The van der Waals surface area contributed by atoms with Crippen LogP contribution in [0.15, 0.2) is 17.0 Å². The minimum atomic E-state index is 0.364. The van der Waals surface area contributed by atoms with E-state index in [-0.39, 0.29) is 0 Å². The molecule has 0 spiro atoms. The summed E-state index contributed by atoms with van der Waals surface area (Å²) in [5.41, 5.74) is 1.24. The van der Waals surface area contributed by atoms with Crippen LogP contribution < -0.4 is 14.8 Å². The Labute approximate surface area is 131 Å². The van der Waals surface area contributed by atoms with Gasteiger partial charge in [0.2, 0.25) is 0 Å². The van der Waals surface area contributed by atoms with E-state index in [2.05, 4.69) is 24.6 Å². The summed E-state index contributed by atoms with van der Waals surface area (Å²) in [6.45, 7) is 4.87. The molecule has 0 saturated carbocycles. The third kappa shape index (κ3) is 4.05. The van der Waals surface area contributed by atoms with Crippen molar-refractivity contribution >= 4 is 11.8 Å². The molecule has 2 unspecified atom stereocenters. The molecule has 1 aromatic carbocycles. The van der Waals surface area contributed by atoms with Crippen molar-refractivity contribution in [2.45, 2.75) is 30.9 Å². The van der Waals surface area contributed by atoms with Crippen LogP contribution in [0.2, 0.25) is 0 Å². The number of rotatable bonds is 7. The molecule has 0 aliphatic carbocycles. The maximum Gasteiger partial charge on any atom is 0.161 e. The summed E-state index contributed by atoms with van der Waals surface area (Å²) in [4.78, 5) is 1.22. The summed E-state index contributed by atoms with van der Waals surface area (Å²) in [5.74, 6) is 2.18. The predicted molar refractivity (Wildman–Crippen MR) is 86.6 cm³/mol. The van der Waals surface area contributed by atoms with Crippen LogP contribution in [0, 0.1) is 5.92 Å². The van der Waals surface area contributed by atoms with Crippen LogP contribution in [-0.2, 0) is 11.3 Å². The second-order valence-electron chi connectivity index (χ2n) is 5.27. The van der Waals surface area contributed by atoms with Crippen LogP contribution in [0.3, 0.4) is 0 Å². The molecule has 1 heterocycles. The first-order chi connectivity index (χ1) is 10.2. The summed E-state index contributed by atoms with van der Waals surface area (Å²) in [7, 11) is 3.34. The highest BCUT2D eigenvalue weighted by Crippen LogP contribution is 2.34. The first kappa shape index (κ1) is 16.5. The van der Waals surface area contributed by atoms with Crippen molar-refractivity contribution in [3.8, 4) is 11.5 Å². The molecule has 2 atom stereocenters. The Morgan fingerprint density at radius 1 is 1.29 bits per heavy atom. The largest absolute Gasteiger partial charge is 0.493 e. The van der Waals surface area contributed by atoms with Gasteiger partial charge in [0.15, 0.2) is 11.5 Å². The Kier molecular flexibility index (Phi) is 6.21. The molecule has 5 heteroatoms. The van der Waals surface area contributed by atoms with Crippen LogP contribution in [0.4, 0.5) is 0 Å². The molecule has 1 aromatic rings. The first-order valence-corrected chi connectivity index (χ1v) is 8.53. The van der Waals surface area contributed by atoms with E-state index in [1.165, 1.54) is 10.5 Å². The normalized spacial score (nSPS) is 21.5. The van der Waals surface area contributed by atoms with E-state index in [4.69, 9.17) is 14.2 Å². The van der Waals surface area contributed by atoms with Crippen molar-refractivity contribution in [1.29, 1.82) is 0 Å². The number of thioether (sulfide) groups is 1. The Morgan fingerprint density at radius 3 is 2.57 bits per heavy atom. The molecule has 1 aliphatic rings. The summed E-state index contributed by atoms with van der Waals surface area (Å²) in [6.07, 6.45) is 3.59. The molecule has 1 fully saturated rings. The lowest BCUT2D eigenvalue weighted by atomic mass is 10.0. The molecule has 0 amide bonds. The van der Waals surface area contributed by atoms with E-state index in [0.29, 0.717) is 12.0 Å². The fourth-order valence-corrected chi connectivity index (χ4v) is 3.29. The van der Waals surface area contributed by atoms with Gasteiger partial charge >= 0.3 is 0 Å². The fourth-order valence-electron chi connectivity index (χ4n) is 2.67. The Hall–Kier alpha value is -0.910. The molecular weight excluding hydrogens is 286 g/mol. The van der Waals surface area contributed by atoms with Gasteiger partial charge in [-0.25, -0.2) is 0 Å². The maximum absolute atomic E-state index is 5.60. The van der Waals surface area contributed by atoms with Crippen molar-refractivity contribution in [2.75, 3.05) is 33.6 Å². The van der Waals surface area contributed by atoms with Crippen molar-refractivity contribution in [3.63, 3.8) is 0 Å². The molecular formula is C16H25NO3S. The average Bonchev–Trinajstić information content (AvgIpc) is 2.92. The van der Waals surface area contributed by atoms with Gasteiger partial charge in [0.1, 0.15) is 0 Å². The second kappa shape index (κ2) is 7.92. The zero-order valence-electron chi connectivity index (χ0n) is 13.3. The standard InChI is InChI=1S/C16H25NO3S/c1-11-12(5-6-20-11)9-17-10-13-7-14(18-2)15(19-3)8-16(13)21-4/h7-8,11-12,17H,5-6,9-10H2,1-4H3. The monoisotopic (exact) mass is 311 g/mol. The number of nitrogens with one attached hydrogen (secondary N) is 1. The van der Waals surface area contributed by atoms with Gasteiger partial charge in [-0.2, -0.15) is 0 Å². The maximum atomic E-state index is 5.60. The number of benzene rings is 1. The van der Waals surface area contributed by atoms with Gasteiger partial charge in [0, 0.05) is 24.6 Å². The molecule has 1 aliphatic heterocycles. The molecule has 0 aromatic heterocycles. The van der Waals surface area contributed by atoms with Gasteiger partial charge in [-0.3, -0.25) is 0 Å². The highest BCUT2D eigenvalue weighted by molar-refractivity contribution is 7.98. The van der Waals surface area contributed by atoms with E-state index in [1.807, 2.05) is 6.07 Å². The highest BCUT2D eigenvalue weighted by atomic mass is 32.2. The van der Waals surface area contributed by atoms with Crippen LogP contribution in [0.1, 0.15) is 18.9 Å². The van der Waals surface area contributed by atoms with E-state index < -0.39 is 0 Å². The van der Waals surface area contributed by atoms with E-state index in [1.54, 1.807) is 26.0 Å². The van der Waals surface area contributed by atoms with Crippen LogP contribution in [0.25, 0.3) is 0 Å². The van der Waals surface area contributed by atoms with Crippen LogP contribution >= 0.6 is 11.8 Å². The number of ether oxygens (including phenoxy) is 3. The minimum Gasteiger partial charge on any atom is -0.493 e. The lowest BCUT2D eigenvalue weighted by molar-refractivity contribution is 0.105. The summed E-state index contributed by atoms with van der Waals surface area (Å²) in [5, 5.41) is 3.55. The number of hydrogen-bond donors (Lipinski definition) is 1. The van der Waals surface area contributed by atoms with Gasteiger partial charge in [0.05, 0.1) is 20.3 Å². The Balaban J connectivity index is 2.01. The van der Waals surface area contributed by atoms with Crippen molar-refractivity contribution < 1.29 is 14.2 Å². The fraction of sp³-hybridized carbons (Fsp3) is 0.625. The average molecular weight is 311 g/mol. The molecule has 2 rings (SSSR count).